The van der Waals surface area contributed by atoms with Gasteiger partial charge in [-0.1, -0.05) is 66.7 Å². The van der Waals surface area contributed by atoms with Gasteiger partial charge in [-0.05, 0) is 54.3 Å². The summed E-state index contributed by atoms with van der Waals surface area (Å²) in [6, 6.07) is 31.3. The molecule has 0 N–H and O–H groups in total. The molecule has 2 aromatic heterocycles. The van der Waals surface area contributed by atoms with E-state index < -0.39 is 0 Å². The summed E-state index contributed by atoms with van der Waals surface area (Å²) >= 11 is 0. The Morgan fingerprint density at radius 3 is 2.10 bits per heavy atom. The Morgan fingerprint density at radius 1 is 0.621 bits per heavy atom. The zero-order chi connectivity index (χ0) is 19.8. The van der Waals surface area contributed by atoms with E-state index in [2.05, 4.69) is 86.6 Å². The molecule has 2 heterocycles. The van der Waals surface area contributed by atoms with E-state index in [-0.39, 0.29) is 0 Å². The maximum atomic E-state index is 6.14. The smallest absolute Gasteiger partial charge is 0.153 e. The SMILES string of the molecule is Cc1cccc(C)c1-c1cc2nc(-c3cccc(-c4ccccc4)c3)ccc2o1. The van der Waals surface area contributed by atoms with Crippen LogP contribution in [-0.4, -0.2) is 4.98 Å². The van der Waals surface area contributed by atoms with Crippen molar-refractivity contribution in [2.24, 2.45) is 0 Å². The molecule has 0 fully saturated rings. The Labute approximate surface area is 170 Å². The summed E-state index contributed by atoms with van der Waals surface area (Å²) in [5.74, 6) is 0.873. The van der Waals surface area contributed by atoms with Gasteiger partial charge in [0.1, 0.15) is 11.3 Å². The molecular formula is C27H21NO. The maximum Gasteiger partial charge on any atom is 0.153 e. The van der Waals surface area contributed by atoms with Crippen LogP contribution in [0.5, 0.6) is 0 Å². The van der Waals surface area contributed by atoms with Crippen LogP contribution >= 0.6 is 0 Å². The van der Waals surface area contributed by atoms with E-state index in [0.717, 1.165) is 33.7 Å². The summed E-state index contributed by atoms with van der Waals surface area (Å²) in [5, 5.41) is 0. The van der Waals surface area contributed by atoms with Gasteiger partial charge in [0.2, 0.25) is 0 Å². The normalized spacial score (nSPS) is 11.1. The molecule has 29 heavy (non-hydrogen) atoms. The predicted molar refractivity (Wildman–Crippen MR) is 120 cm³/mol. The zero-order valence-corrected chi connectivity index (χ0v) is 16.5. The maximum absolute atomic E-state index is 6.14. The van der Waals surface area contributed by atoms with Gasteiger partial charge in [-0.3, -0.25) is 0 Å². The van der Waals surface area contributed by atoms with E-state index in [1.165, 1.54) is 22.3 Å². The summed E-state index contributed by atoms with van der Waals surface area (Å²) in [5.41, 5.74) is 9.70. The standard InChI is InChI=1S/C27H21NO/c1-18-8-6-9-19(2)27(18)26-17-24-25(29-26)15-14-23(28-24)22-13-7-12-21(16-22)20-10-4-3-5-11-20/h3-17H,1-2H3. The van der Waals surface area contributed by atoms with Gasteiger partial charge >= 0.3 is 0 Å². The van der Waals surface area contributed by atoms with Gasteiger partial charge in [0.15, 0.2) is 5.58 Å². The van der Waals surface area contributed by atoms with Crippen molar-refractivity contribution in [2.45, 2.75) is 13.8 Å². The van der Waals surface area contributed by atoms with Crippen molar-refractivity contribution in [3.05, 3.63) is 102 Å². The number of furan rings is 1. The molecular weight excluding hydrogens is 354 g/mol. The lowest BCUT2D eigenvalue weighted by Crippen LogP contribution is -1.85. The Kier molecular flexibility index (Phi) is 4.25. The lowest BCUT2D eigenvalue weighted by atomic mass is 10.0. The summed E-state index contributed by atoms with van der Waals surface area (Å²) in [4.78, 5) is 4.89. The Morgan fingerprint density at radius 2 is 1.31 bits per heavy atom. The lowest BCUT2D eigenvalue weighted by Gasteiger charge is -2.05. The first-order chi connectivity index (χ1) is 14.2. The van der Waals surface area contributed by atoms with Crippen LogP contribution in [0.3, 0.4) is 0 Å². The average molecular weight is 375 g/mol. The van der Waals surface area contributed by atoms with Gasteiger partial charge in [0.25, 0.3) is 0 Å². The summed E-state index contributed by atoms with van der Waals surface area (Å²) in [6.07, 6.45) is 0. The molecule has 0 aliphatic heterocycles. The van der Waals surface area contributed by atoms with E-state index in [4.69, 9.17) is 9.40 Å². The van der Waals surface area contributed by atoms with Crippen LogP contribution in [0.1, 0.15) is 11.1 Å². The predicted octanol–water partition coefficient (Wildman–Crippen LogP) is 7.45. The monoisotopic (exact) mass is 375 g/mol. The second-order valence-electron chi connectivity index (χ2n) is 7.40. The first-order valence-electron chi connectivity index (χ1n) is 9.82. The van der Waals surface area contributed by atoms with Gasteiger partial charge in [-0.2, -0.15) is 0 Å². The number of hydrogen-bond acceptors (Lipinski definition) is 2. The van der Waals surface area contributed by atoms with Gasteiger partial charge < -0.3 is 4.42 Å². The van der Waals surface area contributed by atoms with Crippen LogP contribution in [-0.2, 0) is 0 Å². The number of aromatic nitrogens is 1. The van der Waals surface area contributed by atoms with Crippen LogP contribution < -0.4 is 0 Å². The molecule has 0 saturated carbocycles. The second-order valence-corrected chi connectivity index (χ2v) is 7.40. The quantitative estimate of drug-likeness (QED) is 0.327. The van der Waals surface area contributed by atoms with E-state index in [0.29, 0.717) is 0 Å². The highest BCUT2D eigenvalue weighted by Crippen LogP contribution is 2.33. The lowest BCUT2D eigenvalue weighted by molar-refractivity contribution is 0.630. The van der Waals surface area contributed by atoms with E-state index >= 15 is 0 Å². The second kappa shape index (κ2) is 7.06. The molecule has 0 aliphatic carbocycles. The molecule has 0 aliphatic rings. The fourth-order valence-corrected chi connectivity index (χ4v) is 3.90. The fourth-order valence-electron chi connectivity index (χ4n) is 3.90. The van der Waals surface area contributed by atoms with Crippen molar-refractivity contribution in [3.8, 4) is 33.7 Å². The van der Waals surface area contributed by atoms with Gasteiger partial charge in [0.05, 0.1) is 5.69 Å². The van der Waals surface area contributed by atoms with Crippen molar-refractivity contribution in [1.29, 1.82) is 0 Å². The molecule has 5 rings (SSSR count). The fraction of sp³-hybridized carbons (Fsp3) is 0.0741. The third kappa shape index (κ3) is 3.23. The molecule has 5 aromatic rings. The largest absolute Gasteiger partial charge is 0.454 e. The van der Waals surface area contributed by atoms with Crippen LogP contribution in [0.4, 0.5) is 0 Å². The van der Waals surface area contributed by atoms with Crippen LogP contribution in [0.25, 0.3) is 44.8 Å². The number of benzene rings is 3. The van der Waals surface area contributed by atoms with E-state index in [1.54, 1.807) is 0 Å². The van der Waals surface area contributed by atoms with Crippen molar-refractivity contribution in [2.75, 3.05) is 0 Å². The Balaban J connectivity index is 1.58. The van der Waals surface area contributed by atoms with Crippen molar-refractivity contribution >= 4 is 11.1 Å². The first-order valence-corrected chi connectivity index (χ1v) is 9.82. The van der Waals surface area contributed by atoms with Crippen molar-refractivity contribution in [3.63, 3.8) is 0 Å². The number of aryl methyl sites for hydroxylation is 2. The molecule has 0 radical (unpaired) electrons. The topological polar surface area (TPSA) is 26.0 Å². The van der Waals surface area contributed by atoms with Gasteiger partial charge in [-0.15, -0.1) is 0 Å². The van der Waals surface area contributed by atoms with E-state index in [1.807, 2.05) is 18.2 Å². The first kappa shape index (κ1) is 17.4. The molecule has 140 valence electrons. The van der Waals surface area contributed by atoms with Crippen molar-refractivity contribution < 1.29 is 4.42 Å². The number of nitrogens with zero attached hydrogens (tertiary/aromatic N) is 1. The molecule has 0 saturated heterocycles. The molecule has 0 unspecified atom stereocenters. The van der Waals surface area contributed by atoms with E-state index in [9.17, 15) is 0 Å². The Hall–Kier alpha value is -3.65. The van der Waals surface area contributed by atoms with Crippen LogP contribution in [0.2, 0.25) is 0 Å². The van der Waals surface area contributed by atoms with Crippen molar-refractivity contribution in [1.82, 2.24) is 4.98 Å². The minimum atomic E-state index is 0.811. The van der Waals surface area contributed by atoms with Crippen LogP contribution in [0, 0.1) is 13.8 Å². The average Bonchev–Trinajstić information content (AvgIpc) is 3.17. The van der Waals surface area contributed by atoms with Gasteiger partial charge in [-0.25, -0.2) is 4.98 Å². The Bertz CT molecular complexity index is 1290. The number of rotatable bonds is 3. The number of hydrogen-bond donors (Lipinski definition) is 0. The molecule has 0 bridgehead atoms. The number of fused-ring (bicyclic) bond motifs is 1. The molecule has 0 spiro atoms. The number of pyridine rings is 1. The minimum Gasteiger partial charge on any atom is -0.454 e. The third-order valence-corrected chi connectivity index (χ3v) is 5.37. The highest BCUT2D eigenvalue weighted by molar-refractivity contribution is 5.83. The summed E-state index contributed by atoms with van der Waals surface area (Å²) in [7, 11) is 0. The summed E-state index contributed by atoms with van der Waals surface area (Å²) in [6.45, 7) is 4.23. The molecule has 2 heteroatoms. The molecule has 0 amide bonds. The third-order valence-electron chi connectivity index (χ3n) is 5.37. The highest BCUT2D eigenvalue weighted by Gasteiger charge is 2.13. The zero-order valence-electron chi connectivity index (χ0n) is 16.5. The van der Waals surface area contributed by atoms with Crippen LogP contribution in [0.15, 0.2) is 95.4 Å². The molecule has 3 aromatic carbocycles. The summed E-state index contributed by atoms with van der Waals surface area (Å²) < 4.78 is 6.14. The molecule has 2 nitrogen and oxygen atoms in total. The van der Waals surface area contributed by atoms with Gasteiger partial charge in [0, 0.05) is 17.2 Å². The highest BCUT2D eigenvalue weighted by atomic mass is 16.3. The molecule has 0 atom stereocenters. The minimum absolute atomic E-state index is 0.811.